The molecule has 1 atom stereocenters. The van der Waals surface area contributed by atoms with E-state index in [1.54, 1.807) is 0 Å². The maximum absolute atomic E-state index is 12.4. The van der Waals surface area contributed by atoms with Crippen LogP contribution in [0, 0.1) is 5.92 Å². The number of nitrogens with one attached hydrogen (secondary N) is 2. The Balaban J connectivity index is 1.70. The highest BCUT2D eigenvalue weighted by Gasteiger charge is 2.27. The third-order valence-electron chi connectivity index (χ3n) is 4.63. The molecule has 9 heteroatoms. The topological polar surface area (TPSA) is 118 Å². The number of carbonyl (C=O) groups excluding carboxylic acids is 2. The van der Waals surface area contributed by atoms with Crippen molar-refractivity contribution >= 4 is 39.9 Å². The normalized spacial score (nSPS) is 15.9. The summed E-state index contributed by atoms with van der Waals surface area (Å²) in [6.07, 6.45) is 4.33. The van der Waals surface area contributed by atoms with Gasteiger partial charge in [-0.25, -0.2) is 4.98 Å². The molecule has 3 rings (SSSR count). The van der Waals surface area contributed by atoms with Crippen LogP contribution in [0.4, 0.5) is 5.00 Å². The predicted molar refractivity (Wildman–Crippen MR) is 112 cm³/mol. The maximum Gasteiger partial charge on any atom is 0.251 e. The van der Waals surface area contributed by atoms with Crippen LogP contribution in [0.5, 0.6) is 0 Å². The van der Waals surface area contributed by atoms with Crippen LogP contribution in [0.3, 0.4) is 0 Å². The molecule has 0 bridgehead atoms. The Morgan fingerprint density at radius 2 is 2.25 bits per heavy atom. The number of nitrogens with two attached hydrogens (primary N) is 1. The van der Waals surface area contributed by atoms with Crippen molar-refractivity contribution in [1.82, 2.24) is 9.97 Å². The van der Waals surface area contributed by atoms with Gasteiger partial charge in [0.1, 0.15) is 5.00 Å². The average molecular weight is 421 g/mol. The van der Waals surface area contributed by atoms with Gasteiger partial charge in [-0.3, -0.25) is 14.4 Å². The zero-order valence-electron chi connectivity index (χ0n) is 16.0. The van der Waals surface area contributed by atoms with E-state index < -0.39 is 5.91 Å². The van der Waals surface area contributed by atoms with Crippen molar-refractivity contribution in [3.05, 3.63) is 38.1 Å². The first-order valence-electron chi connectivity index (χ1n) is 9.34. The molecule has 0 radical (unpaired) electrons. The van der Waals surface area contributed by atoms with Gasteiger partial charge in [0.2, 0.25) is 5.91 Å². The zero-order valence-corrected chi connectivity index (χ0v) is 17.6. The minimum absolute atomic E-state index is 0.0791. The number of aromatic nitrogens is 2. The Bertz CT molecular complexity index is 951. The molecular formula is C19H24N4O3S2. The summed E-state index contributed by atoms with van der Waals surface area (Å²) in [5.74, 6) is -0.129. The van der Waals surface area contributed by atoms with Crippen molar-refractivity contribution in [3.63, 3.8) is 0 Å². The summed E-state index contributed by atoms with van der Waals surface area (Å²) in [5.41, 5.74) is 7.50. The maximum atomic E-state index is 12.4. The number of hydrogen-bond acceptors (Lipinski definition) is 6. The number of amides is 2. The molecule has 150 valence electrons. The number of aryl methyl sites for hydroxylation is 1. The van der Waals surface area contributed by atoms with Gasteiger partial charge >= 0.3 is 0 Å². The molecule has 0 saturated heterocycles. The van der Waals surface area contributed by atoms with E-state index in [2.05, 4.69) is 22.2 Å². The lowest BCUT2D eigenvalue weighted by Gasteiger charge is -2.18. The number of hydrogen-bond donors (Lipinski definition) is 3. The first kappa shape index (κ1) is 20.6. The van der Waals surface area contributed by atoms with Crippen LogP contribution in [0.2, 0.25) is 0 Å². The fourth-order valence-electron chi connectivity index (χ4n) is 3.33. The van der Waals surface area contributed by atoms with E-state index in [9.17, 15) is 14.4 Å². The number of thiophene rings is 1. The Morgan fingerprint density at radius 1 is 1.46 bits per heavy atom. The number of fused-ring (bicyclic) bond motifs is 1. The number of aromatic amines is 1. The highest BCUT2D eigenvalue weighted by molar-refractivity contribution is 7.99. The molecule has 0 spiro atoms. The van der Waals surface area contributed by atoms with Crippen molar-refractivity contribution in [2.75, 3.05) is 11.1 Å². The number of rotatable bonds is 7. The number of carbonyl (C=O) groups is 2. The van der Waals surface area contributed by atoms with Crippen molar-refractivity contribution in [1.29, 1.82) is 0 Å². The van der Waals surface area contributed by atoms with E-state index in [0.29, 0.717) is 33.8 Å². The lowest BCUT2D eigenvalue weighted by atomic mass is 9.88. The molecule has 1 unspecified atom stereocenters. The molecule has 2 aromatic rings. The molecule has 0 aliphatic heterocycles. The fraction of sp³-hybridized carbons (Fsp3) is 0.474. The van der Waals surface area contributed by atoms with Gasteiger partial charge in [0.15, 0.2) is 5.16 Å². The number of thioether (sulfide) groups is 1. The van der Waals surface area contributed by atoms with E-state index in [-0.39, 0.29) is 17.2 Å². The van der Waals surface area contributed by atoms with Crippen molar-refractivity contribution in [2.24, 2.45) is 11.7 Å². The van der Waals surface area contributed by atoms with Gasteiger partial charge in [-0.2, -0.15) is 0 Å². The summed E-state index contributed by atoms with van der Waals surface area (Å²) in [4.78, 5) is 44.3. The van der Waals surface area contributed by atoms with Crippen LogP contribution in [-0.2, 0) is 24.1 Å². The molecule has 2 aromatic heterocycles. The first-order chi connectivity index (χ1) is 13.4. The summed E-state index contributed by atoms with van der Waals surface area (Å²) in [7, 11) is 0. The molecule has 0 saturated carbocycles. The molecule has 1 aliphatic rings. The average Bonchev–Trinajstić information content (AvgIpc) is 2.96. The Kier molecular flexibility index (Phi) is 6.56. The summed E-state index contributed by atoms with van der Waals surface area (Å²) < 4.78 is 0. The molecule has 7 nitrogen and oxygen atoms in total. The van der Waals surface area contributed by atoms with Crippen LogP contribution in [-0.4, -0.2) is 27.5 Å². The molecule has 0 aromatic carbocycles. The van der Waals surface area contributed by atoms with Gasteiger partial charge in [0.25, 0.3) is 11.5 Å². The first-order valence-corrected chi connectivity index (χ1v) is 11.1. The predicted octanol–water partition coefficient (Wildman–Crippen LogP) is 2.74. The second kappa shape index (κ2) is 8.91. The van der Waals surface area contributed by atoms with Crippen LogP contribution >= 0.6 is 23.1 Å². The fourth-order valence-corrected chi connectivity index (χ4v) is 5.46. The number of nitrogens with zero attached hydrogens (tertiary/aromatic N) is 1. The van der Waals surface area contributed by atoms with Crippen molar-refractivity contribution in [3.8, 4) is 0 Å². The van der Waals surface area contributed by atoms with Gasteiger partial charge in [0.05, 0.1) is 11.3 Å². The quantitative estimate of drug-likeness (QED) is 0.470. The molecule has 4 N–H and O–H groups in total. The van der Waals surface area contributed by atoms with Crippen LogP contribution in [0.25, 0.3) is 0 Å². The summed E-state index contributed by atoms with van der Waals surface area (Å²) >= 11 is 2.60. The van der Waals surface area contributed by atoms with Crippen molar-refractivity contribution in [2.45, 2.75) is 51.1 Å². The Hall–Kier alpha value is -2.13. The molecule has 0 fully saturated rings. The minimum Gasteiger partial charge on any atom is -0.365 e. The third-order valence-corrected chi connectivity index (χ3v) is 6.67. The van der Waals surface area contributed by atoms with E-state index in [1.807, 2.05) is 6.92 Å². The van der Waals surface area contributed by atoms with Gasteiger partial charge in [-0.1, -0.05) is 32.0 Å². The van der Waals surface area contributed by atoms with Gasteiger partial charge in [-0.05, 0) is 37.2 Å². The monoisotopic (exact) mass is 420 g/mol. The highest BCUT2D eigenvalue weighted by atomic mass is 32.2. The number of primary amides is 1. The molecule has 2 amide bonds. The van der Waals surface area contributed by atoms with E-state index in [4.69, 9.17) is 5.73 Å². The van der Waals surface area contributed by atoms with E-state index in [0.717, 1.165) is 47.9 Å². The van der Waals surface area contributed by atoms with Gasteiger partial charge < -0.3 is 16.0 Å². The second-order valence-electron chi connectivity index (χ2n) is 7.05. The Labute approximate surface area is 171 Å². The largest absolute Gasteiger partial charge is 0.365 e. The molecule has 28 heavy (non-hydrogen) atoms. The highest BCUT2D eigenvalue weighted by Crippen LogP contribution is 2.39. The van der Waals surface area contributed by atoms with Crippen LogP contribution in [0.1, 0.15) is 53.2 Å². The lowest BCUT2D eigenvalue weighted by molar-refractivity contribution is -0.113. The standard InChI is InChI=1S/C19H24N4O3S2/c1-3-4-11-8-14(24)23-19(21-11)27-9-15(25)22-18-16(17(20)26)12-6-5-10(2)7-13(12)28-18/h8,10H,3-7,9H2,1-2H3,(H2,20,26)(H,22,25)(H,21,23,24). The third kappa shape index (κ3) is 4.82. The zero-order chi connectivity index (χ0) is 20.3. The molecule has 1 aliphatic carbocycles. The summed E-state index contributed by atoms with van der Waals surface area (Å²) in [5, 5.41) is 3.77. The summed E-state index contributed by atoms with van der Waals surface area (Å²) in [6, 6.07) is 1.48. The Morgan fingerprint density at radius 3 is 2.96 bits per heavy atom. The number of H-pyrrole nitrogens is 1. The van der Waals surface area contributed by atoms with Crippen LogP contribution < -0.4 is 16.6 Å². The van der Waals surface area contributed by atoms with Crippen LogP contribution in [0.15, 0.2) is 16.0 Å². The van der Waals surface area contributed by atoms with Gasteiger partial charge in [-0.15, -0.1) is 11.3 Å². The van der Waals surface area contributed by atoms with Crippen molar-refractivity contribution < 1.29 is 9.59 Å². The van der Waals surface area contributed by atoms with Gasteiger partial charge in [0, 0.05) is 16.6 Å². The smallest absolute Gasteiger partial charge is 0.251 e. The second-order valence-corrected chi connectivity index (χ2v) is 9.12. The molecular weight excluding hydrogens is 396 g/mol. The SMILES string of the molecule is CCCc1cc(=O)[nH]c(SCC(=O)Nc2sc3c(c2C(N)=O)CCC(C)C3)n1. The van der Waals surface area contributed by atoms with E-state index >= 15 is 0 Å². The number of anilines is 1. The lowest BCUT2D eigenvalue weighted by Crippen LogP contribution is -2.20. The molecule has 2 heterocycles. The summed E-state index contributed by atoms with van der Waals surface area (Å²) in [6.45, 7) is 4.20. The minimum atomic E-state index is -0.506. The van der Waals surface area contributed by atoms with E-state index in [1.165, 1.54) is 17.4 Å².